The van der Waals surface area contributed by atoms with Crippen molar-refractivity contribution in [2.24, 2.45) is 0 Å². The van der Waals surface area contributed by atoms with Crippen LogP contribution in [0, 0.1) is 0 Å². The molecule has 0 fully saturated rings. The van der Waals surface area contributed by atoms with Crippen molar-refractivity contribution in [1.29, 1.82) is 0 Å². The molecule has 5 heteroatoms. The fourth-order valence-electron chi connectivity index (χ4n) is 2.09. The smallest absolute Gasteiger partial charge is 0.338 e. The first-order valence-corrected chi connectivity index (χ1v) is 6.78. The SMILES string of the molecule is CCOC(=O)c1ccc(N(C)Cc2ccncc2)c(N)c1. The van der Waals surface area contributed by atoms with Gasteiger partial charge >= 0.3 is 5.97 Å². The van der Waals surface area contributed by atoms with Gasteiger partial charge in [0, 0.05) is 26.0 Å². The zero-order valence-electron chi connectivity index (χ0n) is 12.2. The van der Waals surface area contributed by atoms with Crippen molar-refractivity contribution < 1.29 is 9.53 Å². The van der Waals surface area contributed by atoms with Crippen molar-refractivity contribution in [3.63, 3.8) is 0 Å². The highest BCUT2D eigenvalue weighted by Crippen LogP contribution is 2.25. The number of anilines is 2. The van der Waals surface area contributed by atoms with Crippen LogP contribution in [0.15, 0.2) is 42.7 Å². The third-order valence-corrected chi connectivity index (χ3v) is 3.12. The molecule has 0 amide bonds. The van der Waals surface area contributed by atoms with E-state index in [-0.39, 0.29) is 5.97 Å². The van der Waals surface area contributed by atoms with Gasteiger partial charge in [-0.05, 0) is 42.8 Å². The number of pyridine rings is 1. The van der Waals surface area contributed by atoms with Gasteiger partial charge in [-0.3, -0.25) is 4.98 Å². The summed E-state index contributed by atoms with van der Waals surface area (Å²) in [5.41, 5.74) is 9.08. The summed E-state index contributed by atoms with van der Waals surface area (Å²) < 4.78 is 4.96. The molecule has 0 bridgehead atoms. The lowest BCUT2D eigenvalue weighted by atomic mass is 10.1. The molecule has 2 N–H and O–H groups in total. The van der Waals surface area contributed by atoms with Crippen LogP contribution in [0.4, 0.5) is 11.4 Å². The Kier molecular flexibility index (Phi) is 4.77. The lowest BCUT2D eigenvalue weighted by molar-refractivity contribution is 0.0526. The number of nitrogens with two attached hydrogens (primary N) is 1. The topological polar surface area (TPSA) is 68.5 Å². The van der Waals surface area contributed by atoms with E-state index in [0.29, 0.717) is 24.4 Å². The predicted octanol–water partition coefficient (Wildman–Crippen LogP) is 2.48. The Bertz CT molecular complexity index is 614. The molecule has 1 aromatic heterocycles. The van der Waals surface area contributed by atoms with Gasteiger partial charge in [0.25, 0.3) is 0 Å². The molecule has 0 radical (unpaired) electrons. The Morgan fingerprint density at radius 3 is 2.62 bits per heavy atom. The number of esters is 1. The highest BCUT2D eigenvalue weighted by Gasteiger charge is 2.11. The normalized spacial score (nSPS) is 10.2. The van der Waals surface area contributed by atoms with Crippen molar-refractivity contribution in [2.75, 3.05) is 24.3 Å². The molecule has 0 aliphatic carbocycles. The summed E-state index contributed by atoms with van der Waals surface area (Å²) >= 11 is 0. The average Bonchev–Trinajstić information content (AvgIpc) is 2.48. The monoisotopic (exact) mass is 285 g/mol. The van der Waals surface area contributed by atoms with Crippen molar-refractivity contribution in [2.45, 2.75) is 13.5 Å². The first-order chi connectivity index (χ1) is 10.1. The molecule has 0 atom stereocenters. The Labute approximate surface area is 124 Å². The van der Waals surface area contributed by atoms with Crippen LogP contribution < -0.4 is 10.6 Å². The number of aromatic nitrogens is 1. The molecule has 110 valence electrons. The van der Waals surface area contributed by atoms with Gasteiger partial charge in [-0.1, -0.05) is 0 Å². The molecule has 0 spiro atoms. The minimum absolute atomic E-state index is 0.350. The number of ether oxygens (including phenoxy) is 1. The van der Waals surface area contributed by atoms with Crippen molar-refractivity contribution >= 4 is 17.3 Å². The number of hydrogen-bond donors (Lipinski definition) is 1. The van der Waals surface area contributed by atoms with Crippen LogP contribution >= 0.6 is 0 Å². The van der Waals surface area contributed by atoms with Crippen LogP contribution in [-0.2, 0) is 11.3 Å². The number of rotatable bonds is 5. The second kappa shape index (κ2) is 6.74. The van der Waals surface area contributed by atoms with Crippen LogP contribution in [0.3, 0.4) is 0 Å². The minimum atomic E-state index is -0.354. The van der Waals surface area contributed by atoms with Crippen LogP contribution in [0.25, 0.3) is 0 Å². The summed E-state index contributed by atoms with van der Waals surface area (Å²) in [6, 6.07) is 9.13. The lowest BCUT2D eigenvalue weighted by Gasteiger charge is -2.21. The number of nitrogen functional groups attached to an aromatic ring is 1. The van der Waals surface area contributed by atoms with E-state index < -0.39 is 0 Å². The molecule has 2 aromatic rings. The molecule has 5 nitrogen and oxygen atoms in total. The molecule has 0 aliphatic heterocycles. The second-order valence-corrected chi connectivity index (χ2v) is 4.71. The maximum Gasteiger partial charge on any atom is 0.338 e. The maximum absolute atomic E-state index is 11.7. The zero-order chi connectivity index (χ0) is 15.2. The second-order valence-electron chi connectivity index (χ2n) is 4.71. The summed E-state index contributed by atoms with van der Waals surface area (Å²) in [6.45, 7) is 2.84. The third-order valence-electron chi connectivity index (χ3n) is 3.12. The molecule has 1 aromatic carbocycles. The van der Waals surface area contributed by atoms with Crippen LogP contribution in [-0.4, -0.2) is 24.6 Å². The van der Waals surface area contributed by atoms with Gasteiger partial charge in [-0.25, -0.2) is 4.79 Å². The number of benzene rings is 1. The van der Waals surface area contributed by atoms with Gasteiger partial charge in [0.2, 0.25) is 0 Å². The molecular weight excluding hydrogens is 266 g/mol. The Balaban J connectivity index is 2.15. The average molecular weight is 285 g/mol. The first-order valence-electron chi connectivity index (χ1n) is 6.78. The molecule has 0 aliphatic rings. The summed E-state index contributed by atoms with van der Waals surface area (Å²) in [5, 5.41) is 0. The van der Waals surface area contributed by atoms with E-state index in [1.807, 2.05) is 30.1 Å². The first kappa shape index (κ1) is 14.8. The van der Waals surface area contributed by atoms with Gasteiger partial charge in [-0.15, -0.1) is 0 Å². The molecule has 0 saturated heterocycles. The zero-order valence-corrected chi connectivity index (χ0v) is 12.2. The van der Waals surface area contributed by atoms with Gasteiger partial charge in [0.1, 0.15) is 0 Å². The van der Waals surface area contributed by atoms with E-state index in [4.69, 9.17) is 10.5 Å². The number of carbonyl (C=O) groups excluding carboxylic acids is 1. The van der Waals surface area contributed by atoms with Gasteiger partial charge in [0.15, 0.2) is 0 Å². The molecule has 21 heavy (non-hydrogen) atoms. The van der Waals surface area contributed by atoms with E-state index >= 15 is 0 Å². The molecule has 0 saturated carbocycles. The highest BCUT2D eigenvalue weighted by atomic mass is 16.5. The van der Waals surface area contributed by atoms with E-state index in [2.05, 4.69) is 4.98 Å². The summed E-state index contributed by atoms with van der Waals surface area (Å²) in [6.07, 6.45) is 3.52. The highest BCUT2D eigenvalue weighted by molar-refractivity contribution is 5.92. The van der Waals surface area contributed by atoms with Crippen LogP contribution in [0.1, 0.15) is 22.8 Å². The maximum atomic E-state index is 11.7. The predicted molar refractivity (Wildman–Crippen MR) is 83.2 cm³/mol. The Morgan fingerprint density at radius 2 is 2.00 bits per heavy atom. The van der Waals surface area contributed by atoms with Gasteiger partial charge in [0.05, 0.1) is 23.5 Å². The number of nitrogens with zero attached hydrogens (tertiary/aromatic N) is 2. The van der Waals surface area contributed by atoms with E-state index in [1.54, 1.807) is 31.5 Å². The number of carbonyl (C=O) groups is 1. The Morgan fingerprint density at radius 1 is 1.29 bits per heavy atom. The molecular formula is C16H19N3O2. The van der Waals surface area contributed by atoms with Crippen LogP contribution in [0.2, 0.25) is 0 Å². The fourth-order valence-corrected chi connectivity index (χ4v) is 2.09. The lowest BCUT2D eigenvalue weighted by Crippen LogP contribution is -2.18. The van der Waals surface area contributed by atoms with Gasteiger partial charge < -0.3 is 15.4 Å². The summed E-state index contributed by atoms with van der Waals surface area (Å²) in [5.74, 6) is -0.354. The molecule has 0 unspecified atom stereocenters. The minimum Gasteiger partial charge on any atom is -0.462 e. The van der Waals surface area contributed by atoms with E-state index in [0.717, 1.165) is 11.3 Å². The van der Waals surface area contributed by atoms with E-state index in [9.17, 15) is 4.79 Å². The summed E-state index contributed by atoms with van der Waals surface area (Å²) in [7, 11) is 1.95. The van der Waals surface area contributed by atoms with Crippen molar-refractivity contribution in [3.8, 4) is 0 Å². The van der Waals surface area contributed by atoms with Crippen molar-refractivity contribution in [3.05, 3.63) is 53.9 Å². The molecule has 1 heterocycles. The fraction of sp³-hybridized carbons (Fsp3) is 0.250. The third kappa shape index (κ3) is 3.72. The van der Waals surface area contributed by atoms with E-state index in [1.165, 1.54) is 0 Å². The largest absolute Gasteiger partial charge is 0.462 e. The Hall–Kier alpha value is -2.56. The van der Waals surface area contributed by atoms with Gasteiger partial charge in [-0.2, -0.15) is 0 Å². The van der Waals surface area contributed by atoms with Crippen LogP contribution in [0.5, 0.6) is 0 Å². The number of hydrogen-bond acceptors (Lipinski definition) is 5. The standard InChI is InChI=1S/C16H19N3O2/c1-3-21-16(20)13-4-5-15(14(17)10-13)19(2)11-12-6-8-18-9-7-12/h4-10H,3,11,17H2,1-2H3. The summed E-state index contributed by atoms with van der Waals surface area (Å²) in [4.78, 5) is 17.7. The quantitative estimate of drug-likeness (QED) is 0.675. The molecule has 2 rings (SSSR count). The van der Waals surface area contributed by atoms with Crippen molar-refractivity contribution in [1.82, 2.24) is 4.98 Å².